The predicted octanol–water partition coefficient (Wildman–Crippen LogP) is 1.09. The van der Waals surface area contributed by atoms with Crippen LogP contribution in [0.25, 0.3) is 0 Å². The van der Waals surface area contributed by atoms with Crippen LogP contribution in [0.3, 0.4) is 0 Å². The van der Waals surface area contributed by atoms with E-state index in [-0.39, 0.29) is 5.91 Å². The summed E-state index contributed by atoms with van der Waals surface area (Å²) in [7, 11) is -3.12. The Bertz CT molecular complexity index is 879. The highest BCUT2D eigenvalue weighted by Gasteiger charge is 2.23. The summed E-state index contributed by atoms with van der Waals surface area (Å²) in [5, 5.41) is 2.88. The first-order chi connectivity index (χ1) is 12.9. The van der Waals surface area contributed by atoms with Crippen LogP contribution in [0.4, 0.5) is 0 Å². The number of sulfonamides is 1. The summed E-state index contributed by atoms with van der Waals surface area (Å²) in [6.45, 7) is 3.45. The summed E-state index contributed by atoms with van der Waals surface area (Å²) >= 11 is 0. The number of hydrogen-bond donors (Lipinski definition) is 1. The van der Waals surface area contributed by atoms with Gasteiger partial charge in [0.05, 0.1) is 18.5 Å². The Kier molecular flexibility index (Phi) is 6.20. The van der Waals surface area contributed by atoms with Crippen molar-refractivity contribution in [3.8, 4) is 0 Å². The SMILES string of the molecule is CS(=O)(=O)N1CCN(Cc2cccc(C(=O)NCc3ccccn3)c2)CC1. The molecule has 1 aromatic carbocycles. The molecule has 0 atom stereocenters. The van der Waals surface area contributed by atoms with Crippen molar-refractivity contribution in [1.29, 1.82) is 0 Å². The quantitative estimate of drug-likeness (QED) is 0.801. The number of nitrogens with zero attached hydrogens (tertiary/aromatic N) is 3. The number of amides is 1. The van der Waals surface area contributed by atoms with Crippen molar-refractivity contribution < 1.29 is 13.2 Å². The van der Waals surface area contributed by atoms with Crippen molar-refractivity contribution in [1.82, 2.24) is 19.5 Å². The Morgan fingerprint density at radius 3 is 2.56 bits per heavy atom. The van der Waals surface area contributed by atoms with Gasteiger partial charge in [0.25, 0.3) is 5.91 Å². The molecular formula is C19H24N4O3S. The second kappa shape index (κ2) is 8.60. The molecule has 7 nitrogen and oxygen atoms in total. The zero-order chi connectivity index (χ0) is 19.3. The summed E-state index contributed by atoms with van der Waals surface area (Å²) in [6.07, 6.45) is 2.95. The Morgan fingerprint density at radius 2 is 1.89 bits per heavy atom. The van der Waals surface area contributed by atoms with Crippen LogP contribution in [0, 0.1) is 0 Å². The van der Waals surface area contributed by atoms with Gasteiger partial charge in [-0.2, -0.15) is 4.31 Å². The minimum absolute atomic E-state index is 0.135. The van der Waals surface area contributed by atoms with Gasteiger partial charge in [-0.05, 0) is 29.8 Å². The van der Waals surface area contributed by atoms with Crippen molar-refractivity contribution in [3.63, 3.8) is 0 Å². The van der Waals surface area contributed by atoms with E-state index in [1.807, 2.05) is 36.4 Å². The molecule has 1 aromatic heterocycles. The Labute approximate surface area is 160 Å². The lowest BCUT2D eigenvalue weighted by molar-refractivity contribution is 0.0950. The number of hydrogen-bond acceptors (Lipinski definition) is 5. The highest BCUT2D eigenvalue weighted by molar-refractivity contribution is 7.88. The van der Waals surface area contributed by atoms with Gasteiger partial charge in [-0.3, -0.25) is 14.7 Å². The van der Waals surface area contributed by atoms with Crippen LogP contribution in [0.1, 0.15) is 21.6 Å². The molecule has 1 N–H and O–H groups in total. The topological polar surface area (TPSA) is 82.6 Å². The number of carbonyl (C=O) groups is 1. The fraction of sp³-hybridized carbons (Fsp3) is 0.368. The molecule has 1 aliphatic heterocycles. The van der Waals surface area contributed by atoms with Crippen molar-refractivity contribution in [3.05, 3.63) is 65.5 Å². The Hall–Kier alpha value is -2.29. The molecule has 1 aliphatic rings. The van der Waals surface area contributed by atoms with Gasteiger partial charge in [-0.15, -0.1) is 0 Å². The normalized spacial score (nSPS) is 16.2. The molecule has 1 fully saturated rings. The fourth-order valence-electron chi connectivity index (χ4n) is 3.06. The van der Waals surface area contributed by atoms with E-state index in [1.165, 1.54) is 10.6 Å². The van der Waals surface area contributed by atoms with Crippen molar-refractivity contribution in [2.24, 2.45) is 0 Å². The molecule has 3 rings (SSSR count). The molecule has 2 aromatic rings. The lowest BCUT2D eigenvalue weighted by Crippen LogP contribution is -2.47. The van der Waals surface area contributed by atoms with E-state index in [9.17, 15) is 13.2 Å². The van der Waals surface area contributed by atoms with Gasteiger partial charge in [0.1, 0.15) is 0 Å². The molecule has 0 unspecified atom stereocenters. The third-order valence-corrected chi connectivity index (χ3v) is 5.86. The number of piperazine rings is 1. The van der Waals surface area contributed by atoms with E-state index < -0.39 is 10.0 Å². The van der Waals surface area contributed by atoms with Crippen molar-refractivity contribution in [2.45, 2.75) is 13.1 Å². The van der Waals surface area contributed by atoms with Crippen LogP contribution >= 0.6 is 0 Å². The molecule has 0 radical (unpaired) electrons. The lowest BCUT2D eigenvalue weighted by atomic mass is 10.1. The minimum atomic E-state index is -3.12. The van der Waals surface area contributed by atoms with Gasteiger partial charge in [-0.25, -0.2) is 8.42 Å². The molecule has 144 valence electrons. The zero-order valence-electron chi connectivity index (χ0n) is 15.3. The summed E-state index contributed by atoms with van der Waals surface area (Å²) in [6, 6.07) is 13.1. The monoisotopic (exact) mass is 388 g/mol. The molecule has 1 saturated heterocycles. The molecule has 0 saturated carbocycles. The number of rotatable bonds is 6. The van der Waals surface area contributed by atoms with Gasteiger partial charge in [0, 0.05) is 44.5 Å². The molecule has 2 heterocycles. The van der Waals surface area contributed by atoms with Crippen LogP contribution in [-0.2, 0) is 23.1 Å². The van der Waals surface area contributed by atoms with Crippen LogP contribution in [0.5, 0.6) is 0 Å². The summed E-state index contributed by atoms with van der Waals surface area (Å²) in [4.78, 5) is 18.8. The maximum atomic E-state index is 12.4. The number of aromatic nitrogens is 1. The van der Waals surface area contributed by atoms with Crippen LogP contribution < -0.4 is 5.32 Å². The molecule has 0 aliphatic carbocycles. The highest BCUT2D eigenvalue weighted by atomic mass is 32.2. The Balaban J connectivity index is 1.55. The molecular weight excluding hydrogens is 364 g/mol. The number of pyridine rings is 1. The fourth-order valence-corrected chi connectivity index (χ4v) is 3.89. The van der Waals surface area contributed by atoms with E-state index >= 15 is 0 Å². The summed E-state index contributed by atoms with van der Waals surface area (Å²) in [5.74, 6) is -0.135. The van der Waals surface area contributed by atoms with E-state index in [1.54, 1.807) is 12.3 Å². The van der Waals surface area contributed by atoms with Gasteiger partial charge >= 0.3 is 0 Å². The second-order valence-electron chi connectivity index (χ2n) is 6.64. The van der Waals surface area contributed by atoms with Gasteiger partial charge < -0.3 is 5.32 Å². The van der Waals surface area contributed by atoms with Crippen molar-refractivity contribution >= 4 is 15.9 Å². The van der Waals surface area contributed by atoms with Gasteiger partial charge in [0.15, 0.2) is 0 Å². The summed E-state index contributed by atoms with van der Waals surface area (Å²) < 4.78 is 24.7. The summed E-state index contributed by atoms with van der Waals surface area (Å²) in [5.41, 5.74) is 2.46. The lowest BCUT2D eigenvalue weighted by Gasteiger charge is -2.33. The first-order valence-electron chi connectivity index (χ1n) is 8.86. The largest absolute Gasteiger partial charge is 0.346 e. The zero-order valence-corrected chi connectivity index (χ0v) is 16.2. The molecule has 27 heavy (non-hydrogen) atoms. The average molecular weight is 388 g/mol. The first-order valence-corrected chi connectivity index (χ1v) is 10.7. The maximum Gasteiger partial charge on any atom is 0.251 e. The molecule has 0 spiro atoms. The molecule has 8 heteroatoms. The van der Waals surface area contributed by atoms with Gasteiger partial charge in [0.2, 0.25) is 10.0 Å². The molecule has 0 bridgehead atoms. The first kappa shape index (κ1) is 19.5. The van der Waals surface area contributed by atoms with Gasteiger partial charge in [-0.1, -0.05) is 18.2 Å². The smallest absolute Gasteiger partial charge is 0.251 e. The Morgan fingerprint density at radius 1 is 1.11 bits per heavy atom. The van der Waals surface area contributed by atoms with Crippen LogP contribution in [-0.4, -0.2) is 60.9 Å². The van der Waals surface area contributed by atoms with E-state index in [0.717, 1.165) is 11.3 Å². The second-order valence-corrected chi connectivity index (χ2v) is 8.62. The van der Waals surface area contributed by atoms with Crippen LogP contribution in [0.2, 0.25) is 0 Å². The van der Waals surface area contributed by atoms with Crippen molar-refractivity contribution in [2.75, 3.05) is 32.4 Å². The third kappa shape index (κ3) is 5.59. The van der Waals surface area contributed by atoms with E-state index in [0.29, 0.717) is 44.8 Å². The third-order valence-electron chi connectivity index (χ3n) is 4.55. The average Bonchev–Trinajstić information content (AvgIpc) is 2.67. The highest BCUT2D eigenvalue weighted by Crippen LogP contribution is 2.12. The maximum absolute atomic E-state index is 12.4. The standard InChI is InChI=1S/C19H24N4O3S/c1-27(25,26)23-11-9-22(10-12-23)15-16-5-4-6-17(13-16)19(24)21-14-18-7-2-3-8-20-18/h2-8,13H,9-12,14-15H2,1H3,(H,21,24). The van der Waals surface area contributed by atoms with E-state index in [2.05, 4.69) is 15.2 Å². The number of benzene rings is 1. The minimum Gasteiger partial charge on any atom is -0.346 e. The predicted molar refractivity (Wildman–Crippen MR) is 104 cm³/mol. The van der Waals surface area contributed by atoms with Crippen LogP contribution in [0.15, 0.2) is 48.7 Å². The van der Waals surface area contributed by atoms with E-state index in [4.69, 9.17) is 0 Å². The molecule has 1 amide bonds. The number of nitrogens with one attached hydrogen (secondary N) is 1. The number of carbonyl (C=O) groups excluding carboxylic acids is 1.